The number of aliphatic hydroxyl groups is 1. The van der Waals surface area contributed by atoms with E-state index in [1.165, 1.54) is 11.3 Å². The van der Waals surface area contributed by atoms with Crippen LogP contribution in [-0.4, -0.2) is 34.7 Å². The van der Waals surface area contributed by atoms with Gasteiger partial charge < -0.3 is 15.3 Å². The minimum atomic E-state index is -4.69. The second-order valence-corrected chi connectivity index (χ2v) is 7.58. The molecule has 2 N–H and O–H groups in total. The number of nitrogens with one attached hydrogen (secondary N) is 1. The van der Waals surface area contributed by atoms with E-state index < -0.39 is 29.2 Å². The van der Waals surface area contributed by atoms with Gasteiger partial charge in [0, 0.05) is 18.8 Å². The Balaban J connectivity index is 1.61. The predicted octanol–water partition coefficient (Wildman–Crippen LogP) is 4.78. The number of alkyl halides is 3. The van der Waals surface area contributed by atoms with Crippen molar-refractivity contribution in [2.75, 3.05) is 18.4 Å². The molecule has 0 unspecified atom stereocenters. The van der Waals surface area contributed by atoms with Crippen molar-refractivity contribution in [1.29, 1.82) is 0 Å². The van der Waals surface area contributed by atoms with Crippen molar-refractivity contribution >= 4 is 11.7 Å². The Morgan fingerprint density at radius 2 is 1.74 bits per heavy atom. The van der Waals surface area contributed by atoms with Crippen molar-refractivity contribution in [2.24, 2.45) is 5.92 Å². The number of rotatable bonds is 2. The number of urea groups is 1. The lowest BCUT2D eigenvalue weighted by atomic mass is 9.72. The molecular weight excluding hydrogens is 364 g/mol. The Labute approximate surface area is 155 Å². The van der Waals surface area contributed by atoms with E-state index in [-0.39, 0.29) is 11.6 Å². The van der Waals surface area contributed by atoms with Crippen molar-refractivity contribution in [2.45, 2.75) is 56.7 Å². The zero-order chi connectivity index (χ0) is 19.7. The molecule has 2 amide bonds. The van der Waals surface area contributed by atoms with Gasteiger partial charge in [0.25, 0.3) is 0 Å². The number of amides is 2. The van der Waals surface area contributed by atoms with E-state index in [0.29, 0.717) is 38.1 Å². The highest BCUT2D eigenvalue weighted by atomic mass is 19.4. The van der Waals surface area contributed by atoms with E-state index in [9.17, 15) is 27.5 Å². The molecule has 1 saturated carbocycles. The highest BCUT2D eigenvalue weighted by Crippen LogP contribution is 2.39. The monoisotopic (exact) mass is 388 g/mol. The fourth-order valence-corrected chi connectivity index (χ4v) is 4.17. The Morgan fingerprint density at radius 1 is 1.11 bits per heavy atom. The lowest BCUT2D eigenvalue weighted by Gasteiger charge is -2.44. The van der Waals surface area contributed by atoms with Crippen molar-refractivity contribution in [1.82, 2.24) is 4.90 Å². The summed E-state index contributed by atoms with van der Waals surface area (Å²) >= 11 is 0. The number of piperidine rings is 1. The quantitative estimate of drug-likeness (QED) is 0.716. The van der Waals surface area contributed by atoms with Gasteiger partial charge >= 0.3 is 12.2 Å². The summed E-state index contributed by atoms with van der Waals surface area (Å²) in [6.45, 7) is 0.639. The molecule has 1 aliphatic heterocycles. The number of halogens is 4. The van der Waals surface area contributed by atoms with Crippen LogP contribution in [0.5, 0.6) is 0 Å². The normalized spacial score (nSPS) is 21.1. The Kier molecular flexibility index (Phi) is 5.65. The molecular formula is C19H24F4N2O2. The molecule has 0 aromatic heterocycles. The van der Waals surface area contributed by atoms with Crippen LogP contribution in [0.3, 0.4) is 0 Å². The fourth-order valence-electron chi connectivity index (χ4n) is 4.17. The van der Waals surface area contributed by atoms with Gasteiger partial charge in [-0.15, -0.1) is 0 Å². The predicted molar refractivity (Wildman–Crippen MR) is 92.8 cm³/mol. The second kappa shape index (κ2) is 7.66. The number of nitrogens with zero attached hydrogens (tertiary/aromatic N) is 1. The van der Waals surface area contributed by atoms with Gasteiger partial charge in [0.05, 0.1) is 11.2 Å². The molecule has 1 aromatic carbocycles. The van der Waals surface area contributed by atoms with E-state index in [1.807, 2.05) is 0 Å². The summed E-state index contributed by atoms with van der Waals surface area (Å²) in [5.41, 5.74) is -2.16. The molecule has 1 heterocycles. The molecule has 2 aliphatic rings. The average molecular weight is 388 g/mol. The Bertz CT molecular complexity index is 679. The highest BCUT2D eigenvalue weighted by molar-refractivity contribution is 5.89. The molecule has 0 bridgehead atoms. The average Bonchev–Trinajstić information content (AvgIpc) is 2.62. The standard InChI is InChI=1S/C19H24F4N2O2/c20-15-10-14(19(21,22)23)11-16(12-15)24-17(26)25-8-6-18(27,7-9-25)13-4-2-1-3-5-13/h10-13,27H,1-9H2,(H,24,26). The summed E-state index contributed by atoms with van der Waals surface area (Å²) in [4.78, 5) is 13.8. The zero-order valence-electron chi connectivity index (χ0n) is 15.0. The van der Waals surface area contributed by atoms with E-state index in [1.54, 1.807) is 0 Å². The van der Waals surface area contributed by atoms with Gasteiger partial charge in [-0.2, -0.15) is 13.2 Å². The summed E-state index contributed by atoms with van der Waals surface area (Å²) in [5.74, 6) is -0.820. The van der Waals surface area contributed by atoms with Crippen LogP contribution in [-0.2, 0) is 6.18 Å². The highest BCUT2D eigenvalue weighted by Gasteiger charge is 2.41. The molecule has 2 fully saturated rings. The lowest BCUT2D eigenvalue weighted by Crippen LogP contribution is -2.51. The number of carbonyl (C=O) groups excluding carboxylic acids is 1. The molecule has 1 aliphatic carbocycles. The van der Waals surface area contributed by atoms with Crippen LogP contribution in [0.4, 0.5) is 28.0 Å². The van der Waals surface area contributed by atoms with Gasteiger partial charge in [0.2, 0.25) is 0 Å². The molecule has 4 nitrogen and oxygen atoms in total. The van der Waals surface area contributed by atoms with Crippen LogP contribution in [0.1, 0.15) is 50.5 Å². The summed E-state index contributed by atoms with van der Waals surface area (Å²) in [6.07, 6.45) is 1.59. The van der Waals surface area contributed by atoms with Crippen LogP contribution < -0.4 is 5.32 Å². The van der Waals surface area contributed by atoms with Crippen molar-refractivity contribution in [3.63, 3.8) is 0 Å². The van der Waals surface area contributed by atoms with Crippen molar-refractivity contribution in [3.05, 3.63) is 29.6 Å². The number of carbonyl (C=O) groups is 1. The van der Waals surface area contributed by atoms with E-state index in [4.69, 9.17) is 0 Å². The van der Waals surface area contributed by atoms with Crippen molar-refractivity contribution < 1.29 is 27.5 Å². The molecule has 150 valence electrons. The van der Waals surface area contributed by atoms with E-state index in [2.05, 4.69) is 5.32 Å². The second-order valence-electron chi connectivity index (χ2n) is 7.58. The fraction of sp³-hybridized carbons (Fsp3) is 0.632. The number of anilines is 1. The number of hydrogen-bond donors (Lipinski definition) is 2. The SMILES string of the molecule is O=C(Nc1cc(F)cc(C(F)(F)F)c1)N1CCC(O)(C2CCCCC2)CC1. The minimum absolute atomic E-state index is 0.236. The molecule has 0 atom stereocenters. The Morgan fingerprint density at radius 3 is 2.33 bits per heavy atom. The molecule has 0 spiro atoms. The van der Waals surface area contributed by atoms with Crippen LogP contribution in [0.2, 0.25) is 0 Å². The van der Waals surface area contributed by atoms with Gasteiger partial charge in [-0.25, -0.2) is 9.18 Å². The summed E-state index contributed by atoms with van der Waals surface area (Å²) in [6, 6.07) is 1.37. The first-order valence-corrected chi connectivity index (χ1v) is 9.33. The summed E-state index contributed by atoms with van der Waals surface area (Å²) < 4.78 is 51.8. The van der Waals surface area contributed by atoms with Gasteiger partial charge in [-0.1, -0.05) is 19.3 Å². The smallest absolute Gasteiger partial charge is 0.389 e. The van der Waals surface area contributed by atoms with Gasteiger partial charge in [-0.05, 0) is 49.8 Å². The maximum absolute atomic E-state index is 13.5. The first kappa shape index (κ1) is 19.9. The number of benzene rings is 1. The topological polar surface area (TPSA) is 52.6 Å². The maximum atomic E-state index is 13.5. The third-order valence-corrected chi connectivity index (χ3v) is 5.76. The van der Waals surface area contributed by atoms with Crippen molar-refractivity contribution in [3.8, 4) is 0 Å². The number of hydrogen-bond acceptors (Lipinski definition) is 2. The first-order valence-electron chi connectivity index (χ1n) is 9.33. The molecule has 3 rings (SSSR count). The van der Waals surface area contributed by atoms with Crippen LogP contribution >= 0.6 is 0 Å². The maximum Gasteiger partial charge on any atom is 0.416 e. The van der Waals surface area contributed by atoms with Gasteiger partial charge in [0.15, 0.2) is 0 Å². The number of likely N-dealkylation sites (tertiary alicyclic amines) is 1. The van der Waals surface area contributed by atoms with Crippen LogP contribution in [0.25, 0.3) is 0 Å². The lowest BCUT2D eigenvalue weighted by molar-refractivity contribution is -0.137. The van der Waals surface area contributed by atoms with Gasteiger partial charge in [-0.3, -0.25) is 0 Å². The third-order valence-electron chi connectivity index (χ3n) is 5.76. The van der Waals surface area contributed by atoms with E-state index >= 15 is 0 Å². The molecule has 1 aromatic rings. The summed E-state index contributed by atoms with van der Waals surface area (Å²) in [7, 11) is 0. The summed E-state index contributed by atoms with van der Waals surface area (Å²) in [5, 5.41) is 13.3. The first-order chi connectivity index (χ1) is 12.7. The molecule has 0 radical (unpaired) electrons. The zero-order valence-corrected chi connectivity index (χ0v) is 15.0. The molecule has 8 heteroatoms. The molecule has 27 heavy (non-hydrogen) atoms. The Hall–Kier alpha value is -1.83. The largest absolute Gasteiger partial charge is 0.416 e. The van der Waals surface area contributed by atoms with E-state index in [0.717, 1.165) is 31.7 Å². The van der Waals surface area contributed by atoms with Crippen LogP contribution in [0, 0.1) is 11.7 Å². The minimum Gasteiger partial charge on any atom is -0.389 e. The molecule has 1 saturated heterocycles. The van der Waals surface area contributed by atoms with Gasteiger partial charge in [0.1, 0.15) is 5.82 Å². The third kappa shape index (κ3) is 4.72. The van der Waals surface area contributed by atoms with Crippen LogP contribution in [0.15, 0.2) is 18.2 Å².